The molecule has 1 aliphatic rings. The van der Waals surface area contributed by atoms with E-state index in [9.17, 15) is 8.42 Å². The third-order valence-corrected chi connectivity index (χ3v) is 6.47. The standard InChI is InChI=1S/C16H20N2O2S2/c19-22(20,15-8-4-3-5-9-15)13-14-12-21-16(17-14)18-10-6-1-2-7-11-18/h3-5,8-9,12H,1-2,6-7,10-11,13H2. The summed E-state index contributed by atoms with van der Waals surface area (Å²) in [5.74, 6) is -0.0264. The summed E-state index contributed by atoms with van der Waals surface area (Å²) in [4.78, 5) is 7.20. The molecule has 0 saturated carbocycles. The van der Waals surface area contributed by atoms with E-state index in [1.54, 1.807) is 35.6 Å². The van der Waals surface area contributed by atoms with Crippen LogP contribution in [0.25, 0.3) is 0 Å². The van der Waals surface area contributed by atoms with Gasteiger partial charge in [0.1, 0.15) is 0 Å². The van der Waals surface area contributed by atoms with Crippen molar-refractivity contribution in [1.29, 1.82) is 0 Å². The van der Waals surface area contributed by atoms with Gasteiger partial charge in [-0.1, -0.05) is 31.0 Å². The van der Waals surface area contributed by atoms with E-state index >= 15 is 0 Å². The number of rotatable bonds is 4. The maximum atomic E-state index is 12.4. The van der Waals surface area contributed by atoms with E-state index < -0.39 is 9.84 Å². The Morgan fingerprint density at radius 1 is 1.05 bits per heavy atom. The zero-order valence-corrected chi connectivity index (χ0v) is 14.1. The lowest BCUT2D eigenvalue weighted by Gasteiger charge is -2.18. The van der Waals surface area contributed by atoms with Gasteiger partial charge in [0.05, 0.1) is 16.3 Å². The van der Waals surface area contributed by atoms with Gasteiger partial charge < -0.3 is 4.90 Å². The lowest BCUT2D eigenvalue weighted by Crippen LogP contribution is -2.23. The monoisotopic (exact) mass is 336 g/mol. The third kappa shape index (κ3) is 3.67. The van der Waals surface area contributed by atoms with Crippen LogP contribution in [0, 0.1) is 0 Å². The lowest BCUT2D eigenvalue weighted by molar-refractivity contribution is 0.595. The molecule has 0 N–H and O–H groups in total. The predicted octanol–water partition coefficient (Wildman–Crippen LogP) is 3.50. The van der Waals surface area contributed by atoms with Crippen LogP contribution in [0.1, 0.15) is 31.4 Å². The lowest BCUT2D eigenvalue weighted by atomic mass is 10.2. The number of hydrogen-bond donors (Lipinski definition) is 0. The highest BCUT2D eigenvalue weighted by Crippen LogP contribution is 2.25. The molecule has 3 rings (SSSR count). The molecule has 0 atom stereocenters. The van der Waals surface area contributed by atoms with Crippen molar-refractivity contribution in [2.75, 3.05) is 18.0 Å². The molecule has 0 radical (unpaired) electrons. The van der Waals surface area contributed by atoms with E-state index in [1.807, 2.05) is 11.4 Å². The highest BCUT2D eigenvalue weighted by atomic mass is 32.2. The van der Waals surface area contributed by atoms with Crippen LogP contribution in [0.5, 0.6) is 0 Å². The van der Waals surface area contributed by atoms with E-state index in [2.05, 4.69) is 9.88 Å². The summed E-state index contributed by atoms with van der Waals surface area (Å²) < 4.78 is 24.8. The summed E-state index contributed by atoms with van der Waals surface area (Å²) in [6, 6.07) is 8.58. The average molecular weight is 336 g/mol. The Hall–Kier alpha value is -1.40. The van der Waals surface area contributed by atoms with E-state index in [-0.39, 0.29) is 5.75 Å². The van der Waals surface area contributed by atoms with Crippen molar-refractivity contribution in [2.45, 2.75) is 36.3 Å². The molecule has 0 spiro atoms. The van der Waals surface area contributed by atoms with Gasteiger partial charge in [-0.2, -0.15) is 0 Å². The number of nitrogens with zero attached hydrogens (tertiary/aromatic N) is 2. The van der Waals surface area contributed by atoms with Crippen LogP contribution >= 0.6 is 11.3 Å². The fraction of sp³-hybridized carbons (Fsp3) is 0.438. The summed E-state index contributed by atoms with van der Waals surface area (Å²) in [5.41, 5.74) is 0.646. The summed E-state index contributed by atoms with van der Waals surface area (Å²) in [6.07, 6.45) is 4.93. The normalized spacial score (nSPS) is 16.5. The number of aromatic nitrogens is 1. The van der Waals surface area contributed by atoms with E-state index in [0.29, 0.717) is 10.6 Å². The SMILES string of the molecule is O=S(=O)(Cc1csc(N2CCCCCC2)n1)c1ccccc1. The quantitative estimate of drug-likeness (QED) is 0.857. The maximum absolute atomic E-state index is 12.4. The molecule has 0 aliphatic carbocycles. The second-order valence-corrected chi connectivity index (χ2v) is 8.42. The van der Waals surface area contributed by atoms with Crippen LogP contribution in [0.3, 0.4) is 0 Å². The molecule has 1 aromatic carbocycles. The van der Waals surface area contributed by atoms with E-state index in [4.69, 9.17) is 0 Å². The molecule has 1 saturated heterocycles. The molecule has 0 amide bonds. The maximum Gasteiger partial charge on any atom is 0.185 e. The molecule has 22 heavy (non-hydrogen) atoms. The number of thiazole rings is 1. The van der Waals surface area contributed by atoms with Gasteiger partial charge in [0.2, 0.25) is 0 Å². The minimum atomic E-state index is -3.31. The summed E-state index contributed by atoms with van der Waals surface area (Å²) in [7, 11) is -3.31. The number of hydrogen-bond acceptors (Lipinski definition) is 5. The zero-order chi connectivity index (χ0) is 15.4. The minimum absolute atomic E-state index is 0.0264. The van der Waals surface area contributed by atoms with Gasteiger partial charge in [0.25, 0.3) is 0 Å². The van der Waals surface area contributed by atoms with Crippen molar-refractivity contribution in [2.24, 2.45) is 0 Å². The second kappa shape index (κ2) is 6.79. The van der Waals surface area contributed by atoms with Gasteiger partial charge in [-0.15, -0.1) is 11.3 Å². The molecule has 1 aromatic heterocycles. The Bertz CT molecular complexity index is 703. The molecule has 2 heterocycles. The van der Waals surface area contributed by atoms with Crippen molar-refractivity contribution in [3.8, 4) is 0 Å². The summed E-state index contributed by atoms with van der Waals surface area (Å²) >= 11 is 1.55. The molecule has 4 nitrogen and oxygen atoms in total. The first-order valence-electron chi connectivity index (χ1n) is 7.62. The van der Waals surface area contributed by atoms with Crippen LogP contribution in [-0.4, -0.2) is 26.5 Å². The van der Waals surface area contributed by atoms with Crippen LogP contribution in [-0.2, 0) is 15.6 Å². The first-order chi connectivity index (χ1) is 10.6. The topological polar surface area (TPSA) is 50.3 Å². The second-order valence-electron chi connectivity index (χ2n) is 5.59. The van der Waals surface area contributed by atoms with Crippen LogP contribution < -0.4 is 4.90 Å². The Labute approximate surface area is 135 Å². The van der Waals surface area contributed by atoms with E-state index in [0.717, 1.165) is 18.2 Å². The van der Waals surface area contributed by atoms with Gasteiger partial charge in [0.15, 0.2) is 15.0 Å². The predicted molar refractivity (Wildman–Crippen MR) is 90.1 cm³/mol. The number of benzene rings is 1. The Morgan fingerprint density at radius 3 is 2.41 bits per heavy atom. The van der Waals surface area contributed by atoms with Gasteiger partial charge >= 0.3 is 0 Å². The molecule has 118 valence electrons. The van der Waals surface area contributed by atoms with Crippen molar-refractivity contribution >= 4 is 26.3 Å². The molecule has 6 heteroatoms. The first kappa shape index (κ1) is 15.5. The van der Waals surface area contributed by atoms with Crippen molar-refractivity contribution in [1.82, 2.24) is 4.98 Å². The van der Waals surface area contributed by atoms with Gasteiger partial charge in [-0.3, -0.25) is 0 Å². The van der Waals surface area contributed by atoms with Crippen molar-refractivity contribution < 1.29 is 8.42 Å². The Morgan fingerprint density at radius 2 is 1.73 bits per heavy atom. The fourth-order valence-electron chi connectivity index (χ4n) is 2.68. The first-order valence-corrected chi connectivity index (χ1v) is 10.2. The molecular weight excluding hydrogens is 316 g/mol. The zero-order valence-electron chi connectivity index (χ0n) is 12.4. The fourth-order valence-corrected chi connectivity index (χ4v) is 4.94. The van der Waals surface area contributed by atoms with E-state index in [1.165, 1.54) is 25.7 Å². The van der Waals surface area contributed by atoms with Crippen molar-refractivity contribution in [3.63, 3.8) is 0 Å². The molecular formula is C16H20N2O2S2. The summed E-state index contributed by atoms with van der Waals surface area (Å²) in [6.45, 7) is 2.05. The largest absolute Gasteiger partial charge is 0.348 e. The van der Waals surface area contributed by atoms with Crippen LogP contribution in [0.2, 0.25) is 0 Å². The highest BCUT2D eigenvalue weighted by molar-refractivity contribution is 7.90. The molecule has 0 unspecified atom stereocenters. The highest BCUT2D eigenvalue weighted by Gasteiger charge is 2.19. The molecule has 2 aromatic rings. The van der Waals surface area contributed by atoms with Crippen LogP contribution in [0.4, 0.5) is 5.13 Å². The Kier molecular flexibility index (Phi) is 4.78. The van der Waals surface area contributed by atoms with Crippen LogP contribution in [0.15, 0.2) is 40.6 Å². The smallest absolute Gasteiger partial charge is 0.185 e. The average Bonchev–Trinajstić information content (AvgIpc) is 2.81. The number of sulfone groups is 1. The molecule has 1 fully saturated rings. The van der Waals surface area contributed by atoms with Crippen molar-refractivity contribution in [3.05, 3.63) is 41.4 Å². The molecule has 1 aliphatic heterocycles. The summed E-state index contributed by atoms with van der Waals surface area (Å²) in [5, 5.41) is 2.83. The van der Waals surface area contributed by atoms with Gasteiger partial charge in [0, 0.05) is 18.5 Å². The Balaban J connectivity index is 1.74. The third-order valence-electron chi connectivity index (χ3n) is 3.86. The minimum Gasteiger partial charge on any atom is -0.348 e. The molecule has 0 bridgehead atoms. The van der Waals surface area contributed by atoms with Gasteiger partial charge in [-0.05, 0) is 25.0 Å². The van der Waals surface area contributed by atoms with Gasteiger partial charge in [-0.25, -0.2) is 13.4 Å². The number of anilines is 1.